The first-order valence-corrected chi connectivity index (χ1v) is 7.75. The fraction of sp³-hybridized carbons (Fsp3) is 0.118. The highest BCUT2D eigenvalue weighted by Crippen LogP contribution is 2.35. The molecule has 2 heterocycles. The summed E-state index contributed by atoms with van der Waals surface area (Å²) < 4.78 is 1.66. The third kappa shape index (κ3) is 2.85. The highest BCUT2D eigenvalue weighted by molar-refractivity contribution is 5.94. The molecule has 2 aromatic carbocycles. The lowest BCUT2D eigenvalue weighted by molar-refractivity contribution is -0.118. The predicted molar refractivity (Wildman–Crippen MR) is 91.6 cm³/mol. The largest absolute Gasteiger partial charge is 0.493 e. The lowest BCUT2D eigenvalue weighted by atomic mass is 10.2. The molecule has 1 amide bonds. The highest BCUT2D eigenvalue weighted by Gasteiger charge is 2.11. The maximum Gasteiger partial charge on any atom is 0.266 e. The zero-order valence-electron chi connectivity index (χ0n) is 13.1. The number of carbonyl (C=O) groups is 1. The van der Waals surface area contributed by atoms with Gasteiger partial charge in [0.1, 0.15) is 5.52 Å². The lowest BCUT2D eigenvalue weighted by Gasteiger charge is -1.98. The first-order valence-electron chi connectivity index (χ1n) is 7.75. The minimum absolute atomic E-state index is 0.111. The topological polar surface area (TPSA) is 109 Å². The van der Waals surface area contributed by atoms with Crippen LogP contribution < -0.4 is 0 Å². The van der Waals surface area contributed by atoms with E-state index >= 15 is 0 Å². The first kappa shape index (κ1) is 15.0. The molecule has 4 aromatic rings. The van der Waals surface area contributed by atoms with Gasteiger partial charge in [0.15, 0.2) is 5.69 Å². The van der Waals surface area contributed by atoms with E-state index in [0.717, 1.165) is 16.6 Å². The molecule has 25 heavy (non-hydrogen) atoms. The Labute approximate surface area is 141 Å². The van der Waals surface area contributed by atoms with Gasteiger partial charge in [-0.3, -0.25) is 4.79 Å². The summed E-state index contributed by atoms with van der Waals surface area (Å²) in [5.41, 5.74) is 2.63. The number of aromatic nitrogens is 4. The normalized spacial score (nSPS) is 11.7. The maximum absolute atomic E-state index is 12.0. The molecule has 124 valence electrons. The van der Waals surface area contributed by atoms with E-state index in [4.69, 9.17) is 0 Å². The Morgan fingerprint density at radius 1 is 1.16 bits per heavy atom. The molecule has 0 spiro atoms. The molecule has 4 rings (SSSR count). The number of H-pyrrole nitrogens is 1. The van der Waals surface area contributed by atoms with Crippen LogP contribution in [0, 0.1) is 0 Å². The van der Waals surface area contributed by atoms with Gasteiger partial charge in [-0.05, 0) is 18.2 Å². The van der Waals surface area contributed by atoms with Crippen molar-refractivity contribution < 1.29 is 9.90 Å². The molecule has 8 heteroatoms. The summed E-state index contributed by atoms with van der Waals surface area (Å²) in [7, 11) is 0. The van der Waals surface area contributed by atoms with Crippen molar-refractivity contribution in [1.29, 1.82) is 0 Å². The van der Waals surface area contributed by atoms with Crippen molar-refractivity contribution in [3.63, 3.8) is 0 Å². The molecule has 2 N–H and O–H groups in total. The Bertz CT molecular complexity index is 1090. The quantitative estimate of drug-likeness (QED) is 0.558. The number of azo groups is 1. The Morgan fingerprint density at radius 3 is 2.88 bits per heavy atom. The Kier molecular flexibility index (Phi) is 3.70. The lowest BCUT2D eigenvalue weighted by Crippen LogP contribution is -2.04. The van der Waals surface area contributed by atoms with E-state index in [1.54, 1.807) is 10.7 Å². The van der Waals surface area contributed by atoms with Crippen LogP contribution in [-0.4, -0.2) is 31.0 Å². The van der Waals surface area contributed by atoms with Gasteiger partial charge >= 0.3 is 0 Å². The molecule has 2 aromatic heterocycles. The van der Waals surface area contributed by atoms with E-state index in [9.17, 15) is 9.90 Å². The van der Waals surface area contributed by atoms with Crippen LogP contribution in [0.3, 0.4) is 0 Å². The number of aromatic amines is 1. The number of nitrogens with zero attached hydrogens (tertiary/aromatic N) is 5. The van der Waals surface area contributed by atoms with Crippen LogP contribution in [0.15, 0.2) is 58.8 Å². The van der Waals surface area contributed by atoms with Crippen molar-refractivity contribution in [2.45, 2.75) is 13.0 Å². The Hall–Kier alpha value is -3.55. The summed E-state index contributed by atoms with van der Waals surface area (Å²) in [4.78, 5) is 14.8. The third-order valence-corrected chi connectivity index (χ3v) is 3.88. The standard InChI is InChI=1S/C17H14N6O2/c24-15(9-10-23-14-8-4-3-7-13(14)19-22-23)20-21-16-11-5-1-2-6-12(11)18-17(16)25/h1-8,18,25H,9-10H2. The summed E-state index contributed by atoms with van der Waals surface area (Å²) in [6.07, 6.45) is 0.139. The number of aryl methyl sites for hydroxylation is 1. The zero-order chi connectivity index (χ0) is 17.2. The summed E-state index contributed by atoms with van der Waals surface area (Å²) in [5.74, 6) is -0.510. The molecule has 0 aliphatic rings. The van der Waals surface area contributed by atoms with Gasteiger partial charge < -0.3 is 10.1 Å². The smallest absolute Gasteiger partial charge is 0.266 e. The summed E-state index contributed by atoms with van der Waals surface area (Å²) in [6.45, 7) is 0.359. The second kappa shape index (κ2) is 6.16. The van der Waals surface area contributed by atoms with Gasteiger partial charge in [0, 0.05) is 5.39 Å². The van der Waals surface area contributed by atoms with Crippen molar-refractivity contribution in [1.82, 2.24) is 20.0 Å². The average Bonchev–Trinajstić information content (AvgIpc) is 3.18. The van der Waals surface area contributed by atoms with Crippen LogP contribution in [0.2, 0.25) is 0 Å². The number of hydrogen-bond acceptors (Lipinski definition) is 5. The second-order valence-electron chi connectivity index (χ2n) is 5.51. The molecular weight excluding hydrogens is 320 g/mol. The van der Waals surface area contributed by atoms with Gasteiger partial charge in [-0.2, -0.15) is 0 Å². The number of nitrogens with one attached hydrogen (secondary N) is 1. The molecule has 0 aliphatic carbocycles. The number of fused-ring (bicyclic) bond motifs is 2. The van der Waals surface area contributed by atoms with Gasteiger partial charge in [0.2, 0.25) is 5.88 Å². The van der Waals surface area contributed by atoms with E-state index in [1.165, 1.54) is 0 Å². The van der Waals surface area contributed by atoms with Crippen molar-refractivity contribution in [2.24, 2.45) is 10.2 Å². The van der Waals surface area contributed by atoms with Crippen molar-refractivity contribution >= 4 is 33.5 Å². The number of hydrogen-bond donors (Lipinski definition) is 2. The van der Waals surface area contributed by atoms with E-state index in [2.05, 4.69) is 25.5 Å². The number of para-hydroxylation sites is 2. The Balaban J connectivity index is 1.48. The fourth-order valence-electron chi connectivity index (χ4n) is 2.65. The summed E-state index contributed by atoms with van der Waals surface area (Å²) in [6, 6.07) is 14.8. The molecule has 0 atom stereocenters. The molecule has 0 aliphatic heterocycles. The number of amides is 1. The second-order valence-corrected chi connectivity index (χ2v) is 5.51. The summed E-state index contributed by atoms with van der Waals surface area (Å²) >= 11 is 0. The van der Waals surface area contributed by atoms with Crippen LogP contribution in [0.25, 0.3) is 21.9 Å². The number of aromatic hydroxyl groups is 1. The van der Waals surface area contributed by atoms with Gasteiger partial charge in [-0.1, -0.05) is 35.5 Å². The minimum Gasteiger partial charge on any atom is -0.493 e. The van der Waals surface area contributed by atoms with Crippen LogP contribution in [0.5, 0.6) is 5.88 Å². The number of carbonyl (C=O) groups excluding carboxylic acids is 1. The molecule has 0 saturated heterocycles. The van der Waals surface area contributed by atoms with E-state index in [0.29, 0.717) is 11.9 Å². The van der Waals surface area contributed by atoms with Crippen molar-refractivity contribution in [3.8, 4) is 5.88 Å². The molecule has 8 nitrogen and oxygen atoms in total. The summed E-state index contributed by atoms with van der Waals surface area (Å²) in [5, 5.41) is 26.3. The maximum atomic E-state index is 12.0. The van der Waals surface area contributed by atoms with Crippen molar-refractivity contribution in [2.75, 3.05) is 0 Å². The van der Waals surface area contributed by atoms with Gasteiger partial charge in [0.25, 0.3) is 5.91 Å². The SMILES string of the molecule is O=C(CCn1nnc2ccccc21)N=Nc1c(O)[nH]c2ccccc12. The van der Waals surface area contributed by atoms with Gasteiger partial charge in [0.05, 0.1) is 24.0 Å². The highest BCUT2D eigenvalue weighted by atomic mass is 16.3. The monoisotopic (exact) mass is 334 g/mol. The number of benzene rings is 2. The van der Waals surface area contributed by atoms with Crippen LogP contribution in [0.1, 0.15) is 6.42 Å². The van der Waals surface area contributed by atoms with Gasteiger partial charge in [-0.15, -0.1) is 15.3 Å². The van der Waals surface area contributed by atoms with E-state index in [-0.39, 0.29) is 18.0 Å². The first-order chi connectivity index (χ1) is 12.2. The predicted octanol–water partition coefficient (Wildman–Crippen LogP) is 3.32. The van der Waals surface area contributed by atoms with E-state index < -0.39 is 5.91 Å². The number of rotatable bonds is 4. The van der Waals surface area contributed by atoms with E-state index in [1.807, 2.05) is 42.5 Å². The van der Waals surface area contributed by atoms with Crippen LogP contribution >= 0.6 is 0 Å². The van der Waals surface area contributed by atoms with Crippen molar-refractivity contribution in [3.05, 3.63) is 48.5 Å². The molecule has 0 saturated carbocycles. The fourth-order valence-corrected chi connectivity index (χ4v) is 2.65. The average molecular weight is 334 g/mol. The Morgan fingerprint density at radius 2 is 1.96 bits per heavy atom. The molecule has 0 bridgehead atoms. The molecular formula is C17H14N6O2. The molecule has 0 radical (unpaired) electrons. The molecule has 0 unspecified atom stereocenters. The minimum atomic E-state index is -0.399. The van der Waals surface area contributed by atoms with Crippen LogP contribution in [0.4, 0.5) is 5.69 Å². The van der Waals surface area contributed by atoms with Crippen LogP contribution in [-0.2, 0) is 11.3 Å². The zero-order valence-corrected chi connectivity index (χ0v) is 13.1. The van der Waals surface area contributed by atoms with Gasteiger partial charge in [-0.25, -0.2) is 4.68 Å². The third-order valence-electron chi connectivity index (χ3n) is 3.88. The molecule has 0 fully saturated rings.